The van der Waals surface area contributed by atoms with E-state index < -0.39 is 0 Å². The molecule has 0 bridgehead atoms. The highest BCUT2D eigenvalue weighted by Gasteiger charge is 2.12. The first-order chi connectivity index (χ1) is 9.15. The van der Waals surface area contributed by atoms with E-state index in [1.165, 1.54) is 18.5 Å². The van der Waals surface area contributed by atoms with Crippen molar-refractivity contribution in [3.8, 4) is 0 Å². The summed E-state index contributed by atoms with van der Waals surface area (Å²) in [6.07, 6.45) is 1.40. The van der Waals surface area contributed by atoms with Crippen LogP contribution >= 0.6 is 11.6 Å². The van der Waals surface area contributed by atoms with Gasteiger partial charge in [-0.3, -0.25) is 0 Å². The van der Waals surface area contributed by atoms with Crippen molar-refractivity contribution in [3.63, 3.8) is 0 Å². The summed E-state index contributed by atoms with van der Waals surface area (Å²) < 4.78 is 14.5. The lowest BCUT2D eigenvalue weighted by Gasteiger charge is -2.19. The molecule has 0 unspecified atom stereocenters. The minimum Gasteiger partial charge on any atom is -0.329 e. The van der Waals surface area contributed by atoms with Crippen LogP contribution in [0.4, 0.5) is 15.9 Å². The van der Waals surface area contributed by atoms with Gasteiger partial charge in [0.05, 0.1) is 0 Å². The number of hydrogen-bond acceptors (Lipinski definition) is 4. The SMILES string of the molecule is CN(c1ccc(F)cc1)c1cc(Cl)nc2ncnn12. The topological polar surface area (TPSA) is 46.3 Å². The normalized spacial score (nSPS) is 10.9. The Morgan fingerprint density at radius 3 is 2.74 bits per heavy atom. The van der Waals surface area contributed by atoms with Gasteiger partial charge >= 0.3 is 0 Å². The fourth-order valence-electron chi connectivity index (χ4n) is 1.80. The first-order valence-corrected chi connectivity index (χ1v) is 5.88. The number of rotatable bonds is 2. The van der Waals surface area contributed by atoms with Crippen LogP contribution < -0.4 is 4.90 Å². The summed E-state index contributed by atoms with van der Waals surface area (Å²) in [6, 6.07) is 7.81. The summed E-state index contributed by atoms with van der Waals surface area (Å²) in [6.45, 7) is 0. The van der Waals surface area contributed by atoms with Gasteiger partial charge in [0.1, 0.15) is 23.1 Å². The standard InChI is InChI=1S/C12H9ClFN5/c1-18(9-4-2-8(14)3-5-9)11-6-10(13)17-12-15-7-16-19(11)12/h2-7H,1H3. The van der Waals surface area contributed by atoms with Crippen molar-refractivity contribution < 1.29 is 4.39 Å². The van der Waals surface area contributed by atoms with Crippen molar-refractivity contribution >= 4 is 28.9 Å². The first kappa shape index (κ1) is 11.9. The van der Waals surface area contributed by atoms with Gasteiger partial charge in [0.25, 0.3) is 5.78 Å². The maximum absolute atomic E-state index is 12.9. The Balaban J connectivity index is 2.12. The number of aromatic nitrogens is 4. The predicted molar refractivity (Wildman–Crippen MR) is 70.3 cm³/mol. The Labute approximate surface area is 113 Å². The second-order valence-corrected chi connectivity index (χ2v) is 4.33. The van der Waals surface area contributed by atoms with Gasteiger partial charge in [0.2, 0.25) is 0 Å². The van der Waals surface area contributed by atoms with Crippen molar-refractivity contribution in [2.24, 2.45) is 0 Å². The molecule has 0 aliphatic carbocycles. The average Bonchev–Trinajstić information content (AvgIpc) is 2.85. The Morgan fingerprint density at radius 1 is 1.26 bits per heavy atom. The van der Waals surface area contributed by atoms with Crippen molar-refractivity contribution in [1.82, 2.24) is 19.6 Å². The minimum absolute atomic E-state index is 0.282. The lowest BCUT2D eigenvalue weighted by Crippen LogP contribution is -2.14. The summed E-state index contributed by atoms with van der Waals surface area (Å²) in [7, 11) is 1.83. The molecule has 0 spiro atoms. The molecule has 1 aromatic carbocycles. The van der Waals surface area contributed by atoms with Gasteiger partial charge in [0.15, 0.2) is 0 Å². The maximum atomic E-state index is 12.9. The van der Waals surface area contributed by atoms with Crippen LogP contribution in [-0.2, 0) is 0 Å². The minimum atomic E-state index is -0.282. The van der Waals surface area contributed by atoms with Crippen molar-refractivity contribution in [2.45, 2.75) is 0 Å². The van der Waals surface area contributed by atoms with Crippen LogP contribution in [0.3, 0.4) is 0 Å². The van der Waals surface area contributed by atoms with E-state index in [-0.39, 0.29) is 5.82 Å². The Kier molecular flexibility index (Phi) is 2.79. The average molecular weight is 278 g/mol. The molecular weight excluding hydrogens is 269 g/mol. The lowest BCUT2D eigenvalue weighted by molar-refractivity contribution is 0.628. The van der Waals surface area contributed by atoms with Crippen LogP contribution in [0.2, 0.25) is 5.15 Å². The zero-order chi connectivity index (χ0) is 13.4. The Hall–Kier alpha value is -2.21. The monoisotopic (exact) mass is 277 g/mol. The second kappa shape index (κ2) is 4.47. The van der Waals surface area contributed by atoms with Gasteiger partial charge < -0.3 is 4.90 Å². The third kappa shape index (κ3) is 2.10. The molecule has 0 saturated carbocycles. The van der Waals surface area contributed by atoms with Crippen LogP contribution in [0.15, 0.2) is 36.7 Å². The molecular formula is C12H9ClFN5. The molecule has 3 aromatic rings. The van der Waals surface area contributed by atoms with E-state index in [2.05, 4.69) is 15.1 Å². The van der Waals surface area contributed by atoms with Gasteiger partial charge in [-0.2, -0.15) is 19.6 Å². The zero-order valence-electron chi connectivity index (χ0n) is 9.96. The Morgan fingerprint density at radius 2 is 2.00 bits per heavy atom. The molecule has 19 heavy (non-hydrogen) atoms. The molecule has 2 aromatic heterocycles. The number of anilines is 2. The molecule has 5 nitrogen and oxygen atoms in total. The number of halogens is 2. The van der Waals surface area contributed by atoms with E-state index in [1.807, 2.05) is 11.9 Å². The molecule has 0 N–H and O–H groups in total. The third-order valence-corrected chi connectivity index (χ3v) is 2.95. The van der Waals surface area contributed by atoms with E-state index in [4.69, 9.17) is 11.6 Å². The van der Waals surface area contributed by atoms with Gasteiger partial charge in [-0.05, 0) is 24.3 Å². The molecule has 0 aliphatic heterocycles. The molecule has 0 aliphatic rings. The molecule has 3 rings (SSSR count). The summed E-state index contributed by atoms with van der Waals surface area (Å²) in [5, 5.41) is 4.42. The molecule has 0 amide bonds. The van der Waals surface area contributed by atoms with Gasteiger partial charge in [0, 0.05) is 18.8 Å². The van der Waals surface area contributed by atoms with Crippen LogP contribution in [0.5, 0.6) is 0 Å². The highest BCUT2D eigenvalue weighted by Crippen LogP contribution is 2.25. The molecule has 96 valence electrons. The largest absolute Gasteiger partial charge is 0.329 e. The summed E-state index contributed by atoms with van der Waals surface area (Å²) in [5.74, 6) is 0.825. The maximum Gasteiger partial charge on any atom is 0.255 e. The highest BCUT2D eigenvalue weighted by molar-refractivity contribution is 6.29. The smallest absolute Gasteiger partial charge is 0.255 e. The first-order valence-electron chi connectivity index (χ1n) is 5.51. The molecule has 7 heteroatoms. The fourth-order valence-corrected chi connectivity index (χ4v) is 1.98. The molecule has 0 saturated heterocycles. The molecule has 0 radical (unpaired) electrons. The van der Waals surface area contributed by atoms with Crippen LogP contribution in [-0.4, -0.2) is 26.6 Å². The highest BCUT2D eigenvalue weighted by atomic mass is 35.5. The zero-order valence-corrected chi connectivity index (χ0v) is 10.7. The van der Waals surface area contributed by atoms with E-state index in [9.17, 15) is 4.39 Å². The summed E-state index contributed by atoms with van der Waals surface area (Å²) >= 11 is 5.96. The number of nitrogens with zero attached hydrogens (tertiary/aromatic N) is 5. The summed E-state index contributed by atoms with van der Waals surface area (Å²) in [5.41, 5.74) is 0.806. The van der Waals surface area contributed by atoms with Crippen molar-refractivity contribution in [2.75, 3.05) is 11.9 Å². The van der Waals surface area contributed by atoms with Crippen LogP contribution in [0, 0.1) is 5.82 Å². The van der Waals surface area contributed by atoms with Crippen LogP contribution in [0.1, 0.15) is 0 Å². The predicted octanol–water partition coefficient (Wildman–Crippen LogP) is 2.68. The van der Waals surface area contributed by atoms with E-state index in [0.717, 1.165) is 5.69 Å². The fraction of sp³-hybridized carbons (Fsp3) is 0.0833. The number of hydrogen-bond donors (Lipinski definition) is 0. The Bertz CT molecular complexity index is 725. The second-order valence-electron chi connectivity index (χ2n) is 3.94. The molecule has 2 heterocycles. The van der Waals surface area contributed by atoms with Crippen molar-refractivity contribution in [1.29, 1.82) is 0 Å². The van der Waals surface area contributed by atoms with E-state index in [1.54, 1.807) is 22.7 Å². The quantitative estimate of drug-likeness (QED) is 0.676. The van der Waals surface area contributed by atoms with Gasteiger partial charge in [-0.1, -0.05) is 11.6 Å². The number of benzene rings is 1. The molecule has 0 fully saturated rings. The number of fused-ring (bicyclic) bond motifs is 1. The van der Waals surface area contributed by atoms with Gasteiger partial charge in [-0.15, -0.1) is 0 Å². The van der Waals surface area contributed by atoms with Crippen LogP contribution in [0.25, 0.3) is 5.78 Å². The molecule has 0 atom stereocenters. The third-order valence-electron chi connectivity index (χ3n) is 2.76. The lowest BCUT2D eigenvalue weighted by atomic mass is 10.3. The summed E-state index contributed by atoms with van der Waals surface area (Å²) in [4.78, 5) is 9.88. The van der Waals surface area contributed by atoms with E-state index >= 15 is 0 Å². The van der Waals surface area contributed by atoms with Crippen molar-refractivity contribution in [3.05, 3.63) is 47.6 Å². The van der Waals surface area contributed by atoms with E-state index in [0.29, 0.717) is 16.7 Å². The van der Waals surface area contributed by atoms with Gasteiger partial charge in [-0.25, -0.2) is 4.39 Å².